The van der Waals surface area contributed by atoms with Crippen LogP contribution in [0.15, 0.2) is 43.1 Å². The Morgan fingerprint density at radius 1 is 1.12 bits per heavy atom. The maximum Gasteiger partial charge on any atom is 0.225 e. The molecule has 0 bridgehead atoms. The van der Waals surface area contributed by atoms with Crippen molar-refractivity contribution in [3.63, 3.8) is 0 Å². The maximum atomic E-state index is 14.4. The molecule has 1 aliphatic rings. The molecule has 0 amide bonds. The van der Waals surface area contributed by atoms with Gasteiger partial charge in [-0.25, -0.2) is 19.0 Å². The minimum Gasteiger partial charge on any atom is -0.484 e. The van der Waals surface area contributed by atoms with Gasteiger partial charge in [0.15, 0.2) is 11.6 Å². The molecule has 0 aliphatic carbocycles. The Kier molecular flexibility index (Phi) is 5.58. The Morgan fingerprint density at radius 3 is 2.66 bits per heavy atom. The molecule has 0 saturated carbocycles. The largest absolute Gasteiger partial charge is 0.484 e. The van der Waals surface area contributed by atoms with Crippen molar-refractivity contribution in [3.05, 3.63) is 59.7 Å². The van der Waals surface area contributed by atoms with Gasteiger partial charge in [-0.15, -0.1) is 5.10 Å². The zero-order valence-electron chi connectivity index (χ0n) is 16.8. The van der Waals surface area contributed by atoms with Crippen molar-refractivity contribution >= 4 is 17.5 Å². The van der Waals surface area contributed by atoms with Crippen molar-refractivity contribution in [2.24, 2.45) is 0 Å². The van der Waals surface area contributed by atoms with E-state index in [0.29, 0.717) is 22.4 Å². The molecule has 11 nitrogen and oxygen atoms in total. The summed E-state index contributed by atoms with van der Waals surface area (Å²) >= 11 is 5.86. The number of hydrogen-bond acceptors (Lipinski definition) is 9. The third kappa shape index (κ3) is 4.35. The van der Waals surface area contributed by atoms with E-state index in [1.807, 2.05) is 0 Å². The minimum atomic E-state index is -0.512. The summed E-state index contributed by atoms with van der Waals surface area (Å²) in [6.45, 7) is 1.69. The van der Waals surface area contributed by atoms with Gasteiger partial charge in [0.1, 0.15) is 18.6 Å². The third-order valence-electron chi connectivity index (χ3n) is 5.14. The first kappa shape index (κ1) is 20.2. The fraction of sp³-hybridized carbons (Fsp3) is 0.316. The summed E-state index contributed by atoms with van der Waals surface area (Å²) in [5, 5.41) is 20.2. The van der Waals surface area contributed by atoms with Crippen molar-refractivity contribution in [1.82, 2.24) is 45.2 Å². The van der Waals surface area contributed by atoms with Crippen LogP contribution in [0.3, 0.4) is 0 Å². The summed E-state index contributed by atoms with van der Waals surface area (Å²) in [7, 11) is 0. The van der Waals surface area contributed by atoms with E-state index >= 15 is 0 Å². The molecule has 1 fully saturated rings. The molecule has 4 heterocycles. The Bertz CT molecular complexity index is 1180. The lowest BCUT2D eigenvalue weighted by Gasteiger charge is -2.31. The van der Waals surface area contributed by atoms with E-state index in [0.717, 1.165) is 25.9 Å². The number of aromatic nitrogens is 9. The van der Waals surface area contributed by atoms with Crippen LogP contribution in [0.5, 0.6) is 5.75 Å². The van der Waals surface area contributed by atoms with Crippen LogP contribution in [0.1, 0.15) is 24.6 Å². The van der Waals surface area contributed by atoms with E-state index in [9.17, 15) is 4.39 Å². The molecule has 13 heteroatoms. The van der Waals surface area contributed by atoms with Gasteiger partial charge in [-0.3, -0.25) is 0 Å². The van der Waals surface area contributed by atoms with Crippen molar-refractivity contribution in [3.8, 4) is 11.4 Å². The van der Waals surface area contributed by atoms with Gasteiger partial charge in [0, 0.05) is 19.2 Å². The Labute approximate surface area is 186 Å². The second-order valence-electron chi connectivity index (χ2n) is 7.23. The Balaban J connectivity index is 1.17. The molecule has 0 unspecified atom stereocenters. The summed E-state index contributed by atoms with van der Waals surface area (Å²) < 4.78 is 21.3. The normalized spacial score (nSPS) is 14.6. The van der Waals surface area contributed by atoms with E-state index in [1.54, 1.807) is 29.5 Å². The molecule has 5 rings (SSSR count). The summed E-state index contributed by atoms with van der Waals surface area (Å²) in [5.41, 5.74) is 1.12. The van der Waals surface area contributed by atoms with Gasteiger partial charge in [0.25, 0.3) is 0 Å². The lowest BCUT2D eigenvalue weighted by Crippen LogP contribution is -2.36. The van der Waals surface area contributed by atoms with E-state index < -0.39 is 5.82 Å². The quantitative estimate of drug-likeness (QED) is 0.431. The van der Waals surface area contributed by atoms with Crippen molar-refractivity contribution in [2.45, 2.75) is 25.5 Å². The van der Waals surface area contributed by atoms with Gasteiger partial charge in [0.2, 0.25) is 5.95 Å². The topological polar surface area (TPSA) is 113 Å². The number of hydrogen-bond donors (Lipinski definition) is 0. The highest BCUT2D eigenvalue weighted by atomic mass is 35.5. The number of rotatable bonds is 6. The first-order valence-corrected chi connectivity index (χ1v) is 10.3. The van der Waals surface area contributed by atoms with E-state index in [4.69, 9.17) is 16.3 Å². The smallest absolute Gasteiger partial charge is 0.225 e. The molecule has 0 atom stereocenters. The first-order valence-electron chi connectivity index (χ1n) is 9.94. The van der Waals surface area contributed by atoms with Gasteiger partial charge in [-0.1, -0.05) is 11.6 Å². The van der Waals surface area contributed by atoms with Gasteiger partial charge in [0.05, 0.1) is 35.3 Å². The third-order valence-corrected chi connectivity index (χ3v) is 5.34. The molecule has 0 spiro atoms. The number of halogens is 2. The zero-order chi connectivity index (χ0) is 21.9. The van der Waals surface area contributed by atoms with Gasteiger partial charge in [-0.05, 0) is 35.4 Å². The molecule has 164 valence electrons. The van der Waals surface area contributed by atoms with Crippen molar-refractivity contribution in [2.75, 3.05) is 18.0 Å². The number of anilines is 1. The zero-order valence-corrected chi connectivity index (χ0v) is 17.5. The monoisotopic (exact) mass is 456 g/mol. The van der Waals surface area contributed by atoms with Crippen LogP contribution in [0, 0.1) is 5.82 Å². The SMILES string of the molecule is Fc1cc(-n2cnnn2)ccc1OCc1cnn(C2CCN(c3ncc(Cl)cn3)CC2)n1. The standard InChI is InChI=1S/C19H18ClFN10O/c20-13-8-22-19(23-9-13)29-5-3-15(4-6-29)31-25-10-14(26-31)11-32-18-2-1-16(7-17(18)21)30-12-24-27-28-30/h1-2,7-10,12,15H,3-6,11H2. The fourth-order valence-corrected chi connectivity index (χ4v) is 3.59. The summed E-state index contributed by atoms with van der Waals surface area (Å²) in [5.74, 6) is 0.276. The van der Waals surface area contributed by atoms with Crippen LogP contribution in [0.2, 0.25) is 5.02 Å². The van der Waals surface area contributed by atoms with Crippen LogP contribution < -0.4 is 9.64 Å². The number of nitrogens with zero attached hydrogens (tertiary/aromatic N) is 10. The molecule has 1 aliphatic heterocycles. The van der Waals surface area contributed by atoms with E-state index in [-0.39, 0.29) is 18.4 Å². The molecular formula is C19H18ClFN10O. The van der Waals surface area contributed by atoms with Gasteiger partial charge in [-0.2, -0.15) is 15.0 Å². The van der Waals surface area contributed by atoms with Gasteiger partial charge < -0.3 is 9.64 Å². The fourth-order valence-electron chi connectivity index (χ4n) is 3.50. The molecule has 4 aromatic rings. The first-order chi connectivity index (χ1) is 15.7. The maximum absolute atomic E-state index is 14.4. The molecule has 0 N–H and O–H groups in total. The van der Waals surface area contributed by atoms with Gasteiger partial charge >= 0.3 is 0 Å². The lowest BCUT2D eigenvalue weighted by molar-refractivity contribution is 0.279. The summed E-state index contributed by atoms with van der Waals surface area (Å²) in [6, 6.07) is 4.68. The van der Waals surface area contributed by atoms with Crippen LogP contribution in [-0.2, 0) is 6.61 Å². The number of piperidine rings is 1. The summed E-state index contributed by atoms with van der Waals surface area (Å²) in [4.78, 5) is 12.4. The predicted molar refractivity (Wildman–Crippen MR) is 111 cm³/mol. The molecular weight excluding hydrogens is 439 g/mol. The molecule has 1 aromatic carbocycles. The highest BCUT2D eigenvalue weighted by Gasteiger charge is 2.23. The minimum absolute atomic E-state index is 0.110. The second-order valence-corrected chi connectivity index (χ2v) is 7.67. The molecule has 32 heavy (non-hydrogen) atoms. The average Bonchev–Trinajstić information content (AvgIpc) is 3.52. The van der Waals surface area contributed by atoms with E-state index in [2.05, 4.69) is 40.6 Å². The lowest BCUT2D eigenvalue weighted by atomic mass is 10.1. The Morgan fingerprint density at radius 2 is 1.94 bits per heavy atom. The molecule has 1 saturated heterocycles. The molecule has 3 aromatic heterocycles. The summed E-state index contributed by atoms with van der Waals surface area (Å²) in [6.07, 6.45) is 7.93. The van der Waals surface area contributed by atoms with Crippen LogP contribution in [0.4, 0.5) is 10.3 Å². The van der Waals surface area contributed by atoms with Crippen LogP contribution >= 0.6 is 11.6 Å². The van der Waals surface area contributed by atoms with Crippen molar-refractivity contribution in [1.29, 1.82) is 0 Å². The number of ether oxygens (including phenoxy) is 1. The average molecular weight is 457 g/mol. The van der Waals surface area contributed by atoms with Crippen molar-refractivity contribution < 1.29 is 9.13 Å². The number of benzene rings is 1. The number of tetrazole rings is 1. The van der Waals surface area contributed by atoms with Crippen LogP contribution in [0.25, 0.3) is 5.69 Å². The van der Waals surface area contributed by atoms with E-state index in [1.165, 1.54) is 23.1 Å². The predicted octanol–water partition coefficient (Wildman–Crippen LogP) is 2.26. The molecule has 0 radical (unpaired) electrons. The second kappa shape index (κ2) is 8.83. The highest BCUT2D eigenvalue weighted by Crippen LogP contribution is 2.24. The highest BCUT2D eigenvalue weighted by molar-refractivity contribution is 6.30. The van der Waals surface area contributed by atoms with Crippen LogP contribution in [-0.4, -0.2) is 58.3 Å². The Hall–Kier alpha value is -3.67.